The molecule has 23 heavy (non-hydrogen) atoms. The lowest BCUT2D eigenvalue weighted by Gasteiger charge is -2.15. The molecular weight excluding hydrogens is 296 g/mol. The largest absolute Gasteiger partial charge is 0.354 e. The number of nitrogens with zero attached hydrogens (tertiary/aromatic N) is 2. The first-order valence-corrected chi connectivity index (χ1v) is 7.62. The van der Waals surface area contributed by atoms with Crippen molar-refractivity contribution in [3.05, 3.63) is 40.3 Å². The minimum absolute atomic E-state index is 0.153. The van der Waals surface area contributed by atoms with E-state index in [2.05, 4.69) is 15.7 Å². The van der Waals surface area contributed by atoms with Crippen LogP contribution in [0.5, 0.6) is 0 Å². The fraction of sp³-hybridized carbons (Fsp3) is 0.375. The molecule has 1 saturated heterocycles. The lowest BCUT2D eigenvalue weighted by Crippen LogP contribution is -2.46. The van der Waals surface area contributed by atoms with Crippen molar-refractivity contribution >= 4 is 22.6 Å². The number of benzene rings is 1. The minimum atomic E-state index is -0.567. The minimum Gasteiger partial charge on any atom is -0.354 e. The van der Waals surface area contributed by atoms with Crippen molar-refractivity contribution in [2.24, 2.45) is 7.05 Å². The van der Waals surface area contributed by atoms with Gasteiger partial charge < -0.3 is 10.6 Å². The Balaban J connectivity index is 1.96. The van der Waals surface area contributed by atoms with Crippen molar-refractivity contribution in [1.82, 2.24) is 20.4 Å². The second-order valence-electron chi connectivity index (χ2n) is 5.64. The number of aryl methyl sites for hydroxylation is 1. The van der Waals surface area contributed by atoms with Gasteiger partial charge in [-0.2, -0.15) is 5.10 Å². The van der Waals surface area contributed by atoms with Gasteiger partial charge in [0.05, 0.1) is 5.39 Å². The summed E-state index contributed by atoms with van der Waals surface area (Å²) in [5.41, 5.74) is -0.107. The monoisotopic (exact) mass is 314 g/mol. The topological polar surface area (TPSA) is 93.1 Å². The molecule has 1 aromatic heterocycles. The van der Waals surface area contributed by atoms with Crippen molar-refractivity contribution in [3.8, 4) is 0 Å². The molecule has 1 atom stereocenters. The van der Waals surface area contributed by atoms with Gasteiger partial charge in [0, 0.05) is 19.0 Å². The van der Waals surface area contributed by atoms with Crippen LogP contribution in [-0.2, 0) is 11.8 Å². The van der Waals surface area contributed by atoms with Crippen LogP contribution in [0.4, 0.5) is 0 Å². The SMILES string of the molecule is Cn1nc(C(=O)N[C@@H]2CCCCNC2=O)c2ccccc2c1=O. The van der Waals surface area contributed by atoms with Gasteiger partial charge in [-0.05, 0) is 25.3 Å². The second kappa shape index (κ2) is 6.20. The fourth-order valence-corrected chi connectivity index (χ4v) is 2.77. The summed E-state index contributed by atoms with van der Waals surface area (Å²) in [7, 11) is 1.50. The summed E-state index contributed by atoms with van der Waals surface area (Å²) >= 11 is 0. The number of carbonyl (C=O) groups excluding carboxylic acids is 2. The molecule has 2 aromatic rings. The number of amides is 2. The first kappa shape index (κ1) is 15.2. The van der Waals surface area contributed by atoms with Gasteiger partial charge in [-0.15, -0.1) is 0 Å². The lowest BCUT2D eigenvalue weighted by atomic mass is 10.1. The molecule has 0 saturated carbocycles. The molecule has 7 heteroatoms. The van der Waals surface area contributed by atoms with Crippen LogP contribution >= 0.6 is 0 Å². The molecule has 0 bridgehead atoms. The third kappa shape index (κ3) is 2.94. The van der Waals surface area contributed by atoms with E-state index >= 15 is 0 Å². The number of rotatable bonds is 2. The van der Waals surface area contributed by atoms with Crippen molar-refractivity contribution in [1.29, 1.82) is 0 Å². The molecule has 0 radical (unpaired) electrons. The summed E-state index contributed by atoms with van der Waals surface area (Å²) in [5, 5.41) is 10.5. The first-order chi connectivity index (χ1) is 11.1. The number of nitrogens with one attached hydrogen (secondary N) is 2. The molecule has 0 unspecified atom stereocenters. The molecule has 3 rings (SSSR count). The number of fused-ring (bicyclic) bond motifs is 1. The van der Waals surface area contributed by atoms with E-state index in [0.717, 1.165) is 17.5 Å². The van der Waals surface area contributed by atoms with Crippen molar-refractivity contribution in [2.45, 2.75) is 25.3 Å². The molecule has 2 heterocycles. The molecule has 1 aliphatic rings. The van der Waals surface area contributed by atoms with Crippen LogP contribution in [0.3, 0.4) is 0 Å². The van der Waals surface area contributed by atoms with Gasteiger partial charge in [0.25, 0.3) is 11.5 Å². The predicted octanol–water partition coefficient (Wildman–Crippen LogP) is 0.332. The molecule has 1 fully saturated rings. The number of carbonyl (C=O) groups is 2. The summed E-state index contributed by atoms with van der Waals surface area (Å²) in [4.78, 5) is 36.6. The molecule has 0 aliphatic carbocycles. The molecule has 1 aliphatic heterocycles. The Kier molecular flexibility index (Phi) is 4.10. The van der Waals surface area contributed by atoms with Gasteiger partial charge in [-0.3, -0.25) is 14.4 Å². The Labute approximate surface area is 132 Å². The number of aromatic nitrogens is 2. The molecule has 120 valence electrons. The average Bonchev–Trinajstić information content (AvgIpc) is 2.75. The van der Waals surface area contributed by atoms with Crippen LogP contribution in [0.15, 0.2) is 29.1 Å². The van der Waals surface area contributed by atoms with Crippen molar-refractivity contribution in [2.75, 3.05) is 6.54 Å². The summed E-state index contributed by atoms with van der Waals surface area (Å²) < 4.78 is 1.14. The number of hydrogen-bond donors (Lipinski definition) is 2. The Morgan fingerprint density at radius 2 is 2.00 bits per heavy atom. The van der Waals surface area contributed by atoms with Crippen LogP contribution in [0.2, 0.25) is 0 Å². The number of hydrogen-bond acceptors (Lipinski definition) is 4. The van der Waals surface area contributed by atoms with E-state index in [-0.39, 0.29) is 17.2 Å². The van der Waals surface area contributed by atoms with E-state index in [0.29, 0.717) is 23.7 Å². The van der Waals surface area contributed by atoms with Gasteiger partial charge in [0.1, 0.15) is 6.04 Å². The quantitative estimate of drug-likeness (QED) is 0.835. The fourth-order valence-electron chi connectivity index (χ4n) is 2.77. The van der Waals surface area contributed by atoms with Gasteiger partial charge in [0.15, 0.2) is 5.69 Å². The van der Waals surface area contributed by atoms with Crippen LogP contribution < -0.4 is 16.2 Å². The maximum Gasteiger partial charge on any atom is 0.274 e. The molecule has 2 N–H and O–H groups in total. The predicted molar refractivity (Wildman–Crippen MR) is 85.1 cm³/mol. The standard InChI is InChI=1S/C16H18N4O3/c1-20-16(23)11-7-3-2-6-10(11)13(19-20)15(22)18-12-8-4-5-9-17-14(12)21/h2-3,6-7,12H,4-5,8-9H2,1H3,(H,17,21)(H,18,22)/t12-/m1/s1. The van der Waals surface area contributed by atoms with Crippen LogP contribution in [-0.4, -0.2) is 34.2 Å². The van der Waals surface area contributed by atoms with Crippen molar-refractivity contribution in [3.63, 3.8) is 0 Å². The van der Waals surface area contributed by atoms with E-state index < -0.39 is 11.9 Å². The van der Waals surface area contributed by atoms with E-state index in [4.69, 9.17) is 0 Å². The zero-order valence-corrected chi connectivity index (χ0v) is 12.8. The zero-order valence-electron chi connectivity index (χ0n) is 12.8. The Morgan fingerprint density at radius 1 is 1.26 bits per heavy atom. The smallest absolute Gasteiger partial charge is 0.274 e. The van der Waals surface area contributed by atoms with Gasteiger partial charge in [-0.25, -0.2) is 4.68 Å². The second-order valence-corrected chi connectivity index (χ2v) is 5.64. The molecule has 7 nitrogen and oxygen atoms in total. The molecule has 1 aromatic carbocycles. The van der Waals surface area contributed by atoms with E-state index in [1.807, 2.05) is 0 Å². The highest BCUT2D eigenvalue weighted by Crippen LogP contribution is 2.14. The Morgan fingerprint density at radius 3 is 2.78 bits per heavy atom. The van der Waals surface area contributed by atoms with E-state index in [9.17, 15) is 14.4 Å². The average molecular weight is 314 g/mol. The molecule has 2 amide bonds. The summed E-state index contributed by atoms with van der Waals surface area (Å²) in [5.74, 6) is -0.621. The van der Waals surface area contributed by atoms with E-state index in [1.54, 1.807) is 24.3 Å². The highest BCUT2D eigenvalue weighted by Gasteiger charge is 2.24. The molecule has 0 spiro atoms. The summed E-state index contributed by atoms with van der Waals surface area (Å²) in [6, 6.07) is 6.27. The van der Waals surface area contributed by atoms with Gasteiger partial charge in [-0.1, -0.05) is 18.2 Å². The maximum atomic E-state index is 12.6. The van der Waals surface area contributed by atoms with Crippen LogP contribution in [0.25, 0.3) is 10.8 Å². The first-order valence-electron chi connectivity index (χ1n) is 7.62. The third-order valence-electron chi connectivity index (χ3n) is 4.01. The zero-order chi connectivity index (χ0) is 16.4. The van der Waals surface area contributed by atoms with E-state index in [1.165, 1.54) is 7.05 Å². The van der Waals surface area contributed by atoms with Gasteiger partial charge >= 0.3 is 0 Å². The normalized spacial score (nSPS) is 18.3. The lowest BCUT2D eigenvalue weighted by molar-refractivity contribution is -0.122. The van der Waals surface area contributed by atoms with Gasteiger partial charge in [0.2, 0.25) is 5.91 Å². The Bertz CT molecular complexity index is 828. The van der Waals surface area contributed by atoms with Crippen LogP contribution in [0.1, 0.15) is 29.8 Å². The summed E-state index contributed by atoms with van der Waals surface area (Å²) in [6.07, 6.45) is 2.37. The highest BCUT2D eigenvalue weighted by atomic mass is 16.2. The summed E-state index contributed by atoms with van der Waals surface area (Å²) in [6.45, 7) is 0.631. The Hall–Kier alpha value is -2.70. The maximum absolute atomic E-state index is 12.6. The third-order valence-corrected chi connectivity index (χ3v) is 4.01. The highest BCUT2D eigenvalue weighted by molar-refractivity contribution is 6.06. The van der Waals surface area contributed by atoms with Crippen molar-refractivity contribution < 1.29 is 9.59 Å². The molecular formula is C16H18N4O3. The van der Waals surface area contributed by atoms with Crippen LogP contribution in [0, 0.1) is 0 Å².